The van der Waals surface area contributed by atoms with Gasteiger partial charge >= 0.3 is 0 Å². The van der Waals surface area contributed by atoms with Gasteiger partial charge < -0.3 is 5.73 Å². The highest BCUT2D eigenvalue weighted by molar-refractivity contribution is 7.93. The van der Waals surface area contributed by atoms with Crippen LogP contribution in [-0.4, -0.2) is 8.42 Å². The van der Waals surface area contributed by atoms with E-state index in [-0.39, 0.29) is 10.1 Å². The Kier molecular flexibility index (Phi) is 4.02. The first-order valence-corrected chi connectivity index (χ1v) is 4.78. The molecule has 12 heavy (non-hydrogen) atoms. The van der Waals surface area contributed by atoms with Crippen molar-refractivity contribution in [3.63, 3.8) is 0 Å². The first-order chi connectivity index (χ1) is 5.38. The van der Waals surface area contributed by atoms with Crippen LogP contribution in [0, 0.1) is 0 Å². The maximum atomic E-state index is 10.7. The van der Waals surface area contributed by atoms with Crippen molar-refractivity contribution in [2.75, 3.05) is 0 Å². The van der Waals surface area contributed by atoms with E-state index in [1.165, 1.54) is 12.2 Å². The fourth-order valence-electron chi connectivity index (χ4n) is 0.441. The molecule has 68 valence electrons. The van der Waals surface area contributed by atoms with Gasteiger partial charge in [-0.2, -0.15) is 0 Å². The molecule has 4 nitrogen and oxygen atoms in total. The average molecular weight is 209 g/mol. The third-order valence-electron chi connectivity index (χ3n) is 0.937. The molecule has 0 aliphatic carbocycles. The van der Waals surface area contributed by atoms with Crippen LogP contribution in [0.5, 0.6) is 0 Å². The number of halogens is 1. The molecule has 0 aliphatic rings. The quantitative estimate of drug-likeness (QED) is 0.520. The minimum Gasteiger partial charge on any atom is -0.389 e. The number of nitrogens with two attached hydrogens (primary N) is 2. The molecule has 0 amide bonds. The molecule has 0 aliphatic heterocycles. The normalized spacial score (nSPS) is 14.5. The number of rotatable bonds is 3. The summed E-state index contributed by atoms with van der Waals surface area (Å²) < 4.78 is 21.4. The molecule has 0 rings (SSSR count). The summed E-state index contributed by atoms with van der Waals surface area (Å²) in [6, 6.07) is 0. The summed E-state index contributed by atoms with van der Waals surface area (Å²) >= 11 is 5.25. The van der Waals surface area contributed by atoms with Gasteiger partial charge in [0.05, 0.1) is 10.1 Å². The third kappa shape index (κ3) is 4.17. The summed E-state index contributed by atoms with van der Waals surface area (Å²) in [6.07, 6.45) is 3.49. The number of hydrogen-bond donors (Lipinski definition) is 2. The molecule has 0 aromatic rings. The van der Waals surface area contributed by atoms with Gasteiger partial charge in [-0.3, -0.25) is 0 Å². The Hall–Kier alpha value is -0.780. The zero-order valence-corrected chi connectivity index (χ0v) is 7.77. The molecule has 0 bridgehead atoms. The van der Waals surface area contributed by atoms with Crippen LogP contribution in [0.3, 0.4) is 0 Å². The van der Waals surface area contributed by atoms with Gasteiger partial charge in [0.1, 0.15) is 0 Å². The molecule has 4 N–H and O–H groups in total. The van der Waals surface area contributed by atoms with E-state index in [1.54, 1.807) is 0 Å². The SMILES string of the molecule is C=C/C(=C\C=C(/N)Cl)S(N)(=O)=O. The zero-order chi connectivity index (χ0) is 9.78. The average Bonchev–Trinajstić information content (AvgIpc) is 1.85. The first-order valence-electron chi connectivity index (χ1n) is 2.86. The van der Waals surface area contributed by atoms with Gasteiger partial charge in [0.15, 0.2) is 0 Å². The highest BCUT2D eigenvalue weighted by Gasteiger charge is 2.05. The Morgan fingerprint density at radius 1 is 1.42 bits per heavy atom. The van der Waals surface area contributed by atoms with Crippen LogP contribution in [0.2, 0.25) is 0 Å². The maximum absolute atomic E-state index is 10.7. The Bertz CT molecular complexity index is 325. The van der Waals surface area contributed by atoms with Gasteiger partial charge in [-0.05, 0) is 18.2 Å². The van der Waals surface area contributed by atoms with Crippen LogP contribution in [-0.2, 0) is 10.0 Å². The number of hydrogen-bond acceptors (Lipinski definition) is 3. The third-order valence-corrected chi connectivity index (χ3v) is 2.02. The Morgan fingerprint density at radius 3 is 2.17 bits per heavy atom. The van der Waals surface area contributed by atoms with E-state index >= 15 is 0 Å². The lowest BCUT2D eigenvalue weighted by Crippen LogP contribution is -2.13. The summed E-state index contributed by atoms with van der Waals surface area (Å²) in [5.41, 5.74) is 5.05. The van der Waals surface area contributed by atoms with Crippen molar-refractivity contribution in [1.82, 2.24) is 0 Å². The van der Waals surface area contributed by atoms with Crippen molar-refractivity contribution in [3.05, 3.63) is 34.9 Å². The predicted octanol–water partition coefficient (Wildman–Crippen LogP) is 0.384. The van der Waals surface area contributed by atoms with Crippen molar-refractivity contribution in [1.29, 1.82) is 0 Å². The van der Waals surface area contributed by atoms with E-state index in [0.717, 1.165) is 6.08 Å². The minimum absolute atomic E-state index is 0.0296. The van der Waals surface area contributed by atoms with Crippen molar-refractivity contribution in [3.8, 4) is 0 Å². The van der Waals surface area contributed by atoms with Crippen LogP contribution in [0.15, 0.2) is 34.9 Å². The van der Waals surface area contributed by atoms with E-state index in [1.807, 2.05) is 0 Å². The molecular weight excluding hydrogens is 200 g/mol. The Labute approximate surface area is 76.2 Å². The van der Waals surface area contributed by atoms with Crippen LogP contribution >= 0.6 is 11.6 Å². The zero-order valence-electron chi connectivity index (χ0n) is 6.20. The Balaban J connectivity index is 4.95. The van der Waals surface area contributed by atoms with Crippen molar-refractivity contribution < 1.29 is 8.42 Å². The van der Waals surface area contributed by atoms with E-state index in [9.17, 15) is 8.42 Å². The minimum atomic E-state index is -3.73. The molecule has 0 aromatic carbocycles. The summed E-state index contributed by atoms with van der Waals surface area (Å²) in [7, 11) is -3.73. The summed E-state index contributed by atoms with van der Waals surface area (Å²) in [6.45, 7) is 3.26. The lowest BCUT2D eigenvalue weighted by atomic mass is 10.4. The molecule has 0 atom stereocenters. The number of sulfonamides is 1. The van der Waals surface area contributed by atoms with Crippen LogP contribution in [0.1, 0.15) is 0 Å². The Morgan fingerprint density at radius 2 is 1.92 bits per heavy atom. The van der Waals surface area contributed by atoms with Gasteiger partial charge in [0.25, 0.3) is 0 Å². The topological polar surface area (TPSA) is 86.2 Å². The second kappa shape index (κ2) is 4.30. The molecule has 0 unspecified atom stereocenters. The van der Waals surface area contributed by atoms with Gasteiger partial charge in [0.2, 0.25) is 10.0 Å². The highest BCUT2D eigenvalue weighted by atomic mass is 35.5. The molecule has 0 heterocycles. The maximum Gasteiger partial charge on any atom is 0.238 e. The number of primary sulfonamides is 1. The monoisotopic (exact) mass is 208 g/mol. The van der Waals surface area contributed by atoms with Crippen molar-refractivity contribution >= 4 is 21.6 Å². The van der Waals surface area contributed by atoms with E-state index in [4.69, 9.17) is 22.5 Å². The smallest absolute Gasteiger partial charge is 0.238 e. The van der Waals surface area contributed by atoms with Crippen molar-refractivity contribution in [2.24, 2.45) is 10.9 Å². The lowest BCUT2D eigenvalue weighted by molar-refractivity contribution is 0.604. The van der Waals surface area contributed by atoms with Gasteiger partial charge in [-0.25, -0.2) is 13.6 Å². The molecule has 0 saturated heterocycles. The molecular formula is C6H9ClN2O2S. The fourth-order valence-corrected chi connectivity index (χ4v) is 0.994. The van der Waals surface area contributed by atoms with Crippen LogP contribution in [0.25, 0.3) is 0 Å². The van der Waals surface area contributed by atoms with Gasteiger partial charge in [-0.15, -0.1) is 0 Å². The van der Waals surface area contributed by atoms with E-state index in [2.05, 4.69) is 6.58 Å². The summed E-state index contributed by atoms with van der Waals surface area (Å²) in [5.74, 6) is 0. The van der Waals surface area contributed by atoms with Gasteiger partial charge in [0, 0.05) is 0 Å². The number of allylic oxidation sites excluding steroid dienone is 3. The largest absolute Gasteiger partial charge is 0.389 e. The second-order valence-electron chi connectivity index (χ2n) is 1.87. The van der Waals surface area contributed by atoms with Crippen LogP contribution in [0.4, 0.5) is 0 Å². The molecule has 0 fully saturated rings. The fraction of sp³-hybridized carbons (Fsp3) is 0. The molecule has 0 radical (unpaired) electrons. The highest BCUT2D eigenvalue weighted by Crippen LogP contribution is 2.03. The van der Waals surface area contributed by atoms with Crippen LogP contribution < -0.4 is 10.9 Å². The molecule has 0 aromatic heterocycles. The lowest BCUT2D eigenvalue weighted by Gasteiger charge is -1.94. The summed E-state index contributed by atoms with van der Waals surface area (Å²) in [4.78, 5) is -0.133. The molecule has 6 heteroatoms. The van der Waals surface area contributed by atoms with Crippen molar-refractivity contribution in [2.45, 2.75) is 0 Å². The standard InChI is InChI=1S/C6H9ClN2O2S/c1-2-5(12(9,10)11)3-4-6(7)8/h2-4H,1,8H2,(H2,9,10,11)/b5-3+,6-4-. The molecule has 0 spiro atoms. The predicted molar refractivity (Wildman–Crippen MR) is 49.5 cm³/mol. The first kappa shape index (κ1) is 11.2. The second-order valence-corrected chi connectivity index (χ2v) is 3.87. The molecule has 0 saturated carbocycles. The summed E-state index contributed by atoms with van der Waals surface area (Å²) in [5, 5.41) is 4.77. The van der Waals surface area contributed by atoms with Gasteiger partial charge in [-0.1, -0.05) is 18.2 Å². The van der Waals surface area contributed by atoms with E-state index < -0.39 is 10.0 Å². The van der Waals surface area contributed by atoms with E-state index in [0.29, 0.717) is 0 Å².